The molecule has 0 N–H and O–H groups in total. The van der Waals surface area contributed by atoms with Crippen molar-refractivity contribution in [1.29, 1.82) is 0 Å². The Bertz CT molecular complexity index is 725. The lowest BCUT2D eigenvalue weighted by atomic mass is 10.1. The van der Waals surface area contributed by atoms with Crippen LogP contribution in [-0.4, -0.2) is 8.07 Å². The van der Waals surface area contributed by atoms with Gasteiger partial charge in [-0.25, -0.2) is 0 Å². The van der Waals surface area contributed by atoms with Crippen LogP contribution in [0, 0.1) is 11.5 Å². The third kappa shape index (κ3) is 3.34. The fraction of sp³-hybridized carbons (Fsp3) is 0.429. The number of halogens is 1. The van der Waals surface area contributed by atoms with Gasteiger partial charge in [0.1, 0.15) is 8.07 Å². The van der Waals surface area contributed by atoms with E-state index in [4.69, 9.17) is 11.6 Å². The van der Waals surface area contributed by atoms with Gasteiger partial charge in [-0.15, -0.1) is 5.54 Å². The molecule has 2 heteroatoms. The lowest BCUT2D eigenvalue weighted by molar-refractivity contribution is 0.838. The van der Waals surface area contributed by atoms with E-state index in [1.807, 2.05) is 6.07 Å². The molecule has 0 unspecified atom stereocenters. The minimum Gasteiger partial charge on any atom is -0.125 e. The predicted octanol–water partition coefficient (Wildman–Crippen LogP) is 7.06. The van der Waals surface area contributed by atoms with Gasteiger partial charge >= 0.3 is 0 Å². The van der Waals surface area contributed by atoms with Crippen LogP contribution >= 0.6 is 11.6 Å². The van der Waals surface area contributed by atoms with Crippen molar-refractivity contribution in [2.75, 3.05) is 0 Å². The van der Waals surface area contributed by atoms with Crippen LogP contribution in [0.2, 0.25) is 21.6 Å². The van der Waals surface area contributed by atoms with Crippen LogP contribution in [0.1, 0.15) is 47.1 Å². The molecule has 23 heavy (non-hydrogen) atoms. The highest BCUT2D eigenvalue weighted by Crippen LogP contribution is 2.41. The molecule has 0 saturated carbocycles. The number of hydrogen-bond acceptors (Lipinski definition) is 0. The lowest BCUT2D eigenvalue weighted by Gasteiger charge is -2.38. The fourth-order valence-electron chi connectivity index (χ4n) is 3.98. The first-order valence-corrected chi connectivity index (χ1v) is 11.1. The molecule has 0 amide bonds. The summed E-state index contributed by atoms with van der Waals surface area (Å²) < 4.78 is 0. The third-order valence-electron chi connectivity index (χ3n) is 5.15. The molecule has 0 aliphatic carbocycles. The lowest BCUT2D eigenvalue weighted by Crippen LogP contribution is -2.43. The van der Waals surface area contributed by atoms with Crippen molar-refractivity contribution in [2.45, 2.75) is 58.2 Å². The Morgan fingerprint density at radius 3 is 1.96 bits per heavy atom. The minimum atomic E-state index is -1.74. The molecule has 0 radical (unpaired) electrons. The summed E-state index contributed by atoms with van der Waals surface area (Å²) in [6.45, 7) is 14.0. The number of rotatable bonds is 3. The van der Waals surface area contributed by atoms with Gasteiger partial charge in [0.25, 0.3) is 0 Å². The van der Waals surface area contributed by atoms with Crippen LogP contribution < -0.4 is 0 Å². The summed E-state index contributed by atoms with van der Waals surface area (Å²) in [5.74, 6) is 3.52. The summed E-state index contributed by atoms with van der Waals surface area (Å²) in [7, 11) is -1.74. The van der Waals surface area contributed by atoms with Gasteiger partial charge in [0, 0.05) is 0 Å². The van der Waals surface area contributed by atoms with Crippen molar-refractivity contribution in [1.82, 2.24) is 0 Å². The standard InChI is InChI=1S/C21H27ClSi/c1-15(2)23(16(3)4,17(5)6)14-13-20-19-10-8-7-9-18(19)11-12-21(20)22/h7-12,15-17H,1-6H3. The van der Waals surface area contributed by atoms with Crippen LogP contribution in [0.4, 0.5) is 0 Å². The summed E-state index contributed by atoms with van der Waals surface area (Å²) >= 11 is 6.48. The maximum Gasteiger partial charge on any atom is 0.146 e. The van der Waals surface area contributed by atoms with E-state index in [1.165, 1.54) is 5.39 Å². The topological polar surface area (TPSA) is 0 Å². The smallest absolute Gasteiger partial charge is 0.125 e. The molecule has 2 aromatic carbocycles. The van der Waals surface area contributed by atoms with Gasteiger partial charge in [-0.05, 0) is 33.5 Å². The van der Waals surface area contributed by atoms with E-state index >= 15 is 0 Å². The first-order chi connectivity index (χ1) is 10.8. The Hall–Kier alpha value is -1.23. The average molecular weight is 343 g/mol. The molecular formula is C21H27ClSi. The maximum atomic E-state index is 6.48. The second-order valence-electron chi connectivity index (χ2n) is 7.29. The number of hydrogen-bond donors (Lipinski definition) is 0. The molecule has 0 aliphatic rings. The fourth-order valence-corrected chi connectivity index (χ4v) is 9.40. The molecule has 0 heterocycles. The molecule has 0 aromatic heterocycles. The van der Waals surface area contributed by atoms with Crippen molar-refractivity contribution < 1.29 is 0 Å². The second kappa shape index (κ2) is 7.12. The number of benzene rings is 2. The third-order valence-corrected chi connectivity index (χ3v) is 11.8. The zero-order chi connectivity index (χ0) is 17.2. The molecule has 0 saturated heterocycles. The van der Waals surface area contributed by atoms with Crippen LogP contribution in [0.5, 0.6) is 0 Å². The van der Waals surface area contributed by atoms with E-state index in [2.05, 4.69) is 83.3 Å². The van der Waals surface area contributed by atoms with Crippen molar-refractivity contribution in [3.8, 4) is 11.5 Å². The highest BCUT2D eigenvalue weighted by atomic mass is 35.5. The largest absolute Gasteiger partial charge is 0.146 e. The summed E-state index contributed by atoms with van der Waals surface area (Å²) in [6, 6.07) is 12.4. The Morgan fingerprint density at radius 1 is 0.826 bits per heavy atom. The molecule has 122 valence electrons. The zero-order valence-corrected chi connectivity index (χ0v) is 16.8. The van der Waals surface area contributed by atoms with Crippen LogP contribution in [0.3, 0.4) is 0 Å². The first kappa shape index (κ1) is 18.1. The van der Waals surface area contributed by atoms with Crippen LogP contribution in [0.15, 0.2) is 36.4 Å². The Kier molecular flexibility index (Phi) is 5.60. The van der Waals surface area contributed by atoms with Crippen molar-refractivity contribution in [3.63, 3.8) is 0 Å². The van der Waals surface area contributed by atoms with Gasteiger partial charge in [0.15, 0.2) is 0 Å². The quantitative estimate of drug-likeness (QED) is 0.413. The molecule has 0 bridgehead atoms. The zero-order valence-electron chi connectivity index (χ0n) is 15.1. The average Bonchev–Trinajstić information content (AvgIpc) is 2.48. The van der Waals surface area contributed by atoms with Gasteiger partial charge in [0.05, 0.1) is 10.6 Å². The highest BCUT2D eigenvalue weighted by molar-refractivity contribution is 6.90. The van der Waals surface area contributed by atoms with Crippen molar-refractivity contribution in [3.05, 3.63) is 47.0 Å². The number of fused-ring (bicyclic) bond motifs is 1. The molecule has 0 aliphatic heterocycles. The monoisotopic (exact) mass is 342 g/mol. The van der Waals surface area contributed by atoms with Gasteiger partial charge in [-0.2, -0.15) is 0 Å². The summed E-state index contributed by atoms with van der Waals surface area (Å²) in [5.41, 5.74) is 6.66. The maximum absolute atomic E-state index is 6.48. The van der Waals surface area contributed by atoms with Crippen LogP contribution in [0.25, 0.3) is 10.8 Å². The molecule has 0 atom stereocenters. The Labute approximate surface area is 147 Å². The molecule has 2 aromatic rings. The normalized spacial score (nSPS) is 12.1. The molecule has 0 nitrogen and oxygen atoms in total. The molecule has 0 fully saturated rings. The van der Waals surface area contributed by atoms with E-state index in [0.717, 1.165) is 16.0 Å². The van der Waals surface area contributed by atoms with Gasteiger partial charge in [-0.1, -0.05) is 89.4 Å². The SMILES string of the molecule is CC(C)[Si](C#Cc1c(Cl)ccc2ccccc12)(C(C)C)C(C)C. The highest BCUT2D eigenvalue weighted by Gasteiger charge is 2.41. The van der Waals surface area contributed by atoms with E-state index < -0.39 is 8.07 Å². The first-order valence-electron chi connectivity index (χ1n) is 8.51. The minimum absolute atomic E-state index is 0.628. The second-order valence-corrected chi connectivity index (χ2v) is 13.3. The molecular weight excluding hydrogens is 316 g/mol. The summed E-state index contributed by atoms with van der Waals surface area (Å²) in [4.78, 5) is 0. The molecule has 2 rings (SSSR count). The van der Waals surface area contributed by atoms with E-state index in [0.29, 0.717) is 16.6 Å². The van der Waals surface area contributed by atoms with Crippen LogP contribution in [-0.2, 0) is 0 Å². The van der Waals surface area contributed by atoms with E-state index in [9.17, 15) is 0 Å². The summed E-state index contributed by atoms with van der Waals surface area (Å²) in [6.07, 6.45) is 0. The van der Waals surface area contributed by atoms with Gasteiger partial charge in [0.2, 0.25) is 0 Å². The van der Waals surface area contributed by atoms with E-state index in [-0.39, 0.29) is 0 Å². The van der Waals surface area contributed by atoms with Crippen molar-refractivity contribution >= 4 is 30.4 Å². The van der Waals surface area contributed by atoms with Gasteiger partial charge < -0.3 is 0 Å². The Morgan fingerprint density at radius 2 is 1.39 bits per heavy atom. The predicted molar refractivity (Wildman–Crippen MR) is 107 cm³/mol. The van der Waals surface area contributed by atoms with Crippen molar-refractivity contribution in [2.24, 2.45) is 0 Å². The Balaban J connectivity index is 2.67. The van der Waals surface area contributed by atoms with E-state index in [1.54, 1.807) is 0 Å². The van der Waals surface area contributed by atoms with Gasteiger partial charge in [-0.3, -0.25) is 0 Å². The molecule has 0 spiro atoms. The summed E-state index contributed by atoms with van der Waals surface area (Å²) in [5, 5.41) is 3.12.